The summed E-state index contributed by atoms with van der Waals surface area (Å²) in [7, 11) is 1.69. The SMILES string of the molecule is CN=C(NCC(C)Oc1ccccc1F)NC(C)c1ccc(C)o1. The van der Waals surface area contributed by atoms with Crippen molar-refractivity contribution < 1.29 is 13.5 Å². The highest BCUT2D eigenvalue weighted by Gasteiger charge is 2.13. The molecule has 5 nitrogen and oxygen atoms in total. The van der Waals surface area contributed by atoms with E-state index in [-0.39, 0.29) is 23.7 Å². The average molecular weight is 333 g/mol. The Kier molecular flexibility index (Phi) is 6.23. The van der Waals surface area contributed by atoms with Gasteiger partial charge in [0.2, 0.25) is 0 Å². The first-order valence-electron chi connectivity index (χ1n) is 7.94. The lowest BCUT2D eigenvalue weighted by Gasteiger charge is -2.20. The first kappa shape index (κ1) is 17.8. The number of para-hydroxylation sites is 1. The number of aliphatic imine (C=N–C) groups is 1. The summed E-state index contributed by atoms with van der Waals surface area (Å²) in [5, 5.41) is 6.41. The van der Waals surface area contributed by atoms with Crippen molar-refractivity contribution in [1.82, 2.24) is 10.6 Å². The van der Waals surface area contributed by atoms with Crippen LogP contribution in [0.4, 0.5) is 4.39 Å². The van der Waals surface area contributed by atoms with Crippen molar-refractivity contribution in [2.75, 3.05) is 13.6 Å². The molecule has 130 valence electrons. The number of ether oxygens (including phenoxy) is 1. The minimum Gasteiger partial charge on any atom is -0.486 e. The van der Waals surface area contributed by atoms with Gasteiger partial charge in [0.15, 0.2) is 17.5 Å². The van der Waals surface area contributed by atoms with E-state index in [1.54, 1.807) is 25.2 Å². The Balaban J connectivity index is 1.84. The molecule has 2 N–H and O–H groups in total. The van der Waals surface area contributed by atoms with Crippen LogP contribution in [-0.2, 0) is 0 Å². The topological polar surface area (TPSA) is 58.8 Å². The minimum absolute atomic E-state index is 0.0207. The molecular formula is C18H24FN3O2. The van der Waals surface area contributed by atoms with Crippen molar-refractivity contribution in [3.8, 4) is 5.75 Å². The first-order valence-corrected chi connectivity index (χ1v) is 7.94. The predicted molar refractivity (Wildman–Crippen MR) is 92.8 cm³/mol. The Hall–Kier alpha value is -2.50. The number of nitrogens with one attached hydrogen (secondary N) is 2. The molecule has 0 spiro atoms. The summed E-state index contributed by atoms with van der Waals surface area (Å²) in [6, 6.07) is 10.2. The highest BCUT2D eigenvalue weighted by Crippen LogP contribution is 2.17. The van der Waals surface area contributed by atoms with Crippen LogP contribution in [0.5, 0.6) is 5.75 Å². The zero-order valence-electron chi connectivity index (χ0n) is 14.5. The maximum absolute atomic E-state index is 13.6. The van der Waals surface area contributed by atoms with E-state index in [0.29, 0.717) is 12.5 Å². The Morgan fingerprint density at radius 2 is 2.00 bits per heavy atom. The molecule has 0 saturated heterocycles. The number of rotatable bonds is 6. The zero-order chi connectivity index (χ0) is 17.5. The van der Waals surface area contributed by atoms with Crippen molar-refractivity contribution in [2.24, 2.45) is 4.99 Å². The van der Waals surface area contributed by atoms with Gasteiger partial charge in [0.1, 0.15) is 17.6 Å². The molecule has 0 aliphatic heterocycles. The van der Waals surface area contributed by atoms with Gasteiger partial charge in [-0.15, -0.1) is 0 Å². The molecule has 24 heavy (non-hydrogen) atoms. The van der Waals surface area contributed by atoms with E-state index in [9.17, 15) is 4.39 Å². The summed E-state index contributed by atoms with van der Waals surface area (Å²) in [4.78, 5) is 4.18. The lowest BCUT2D eigenvalue weighted by Crippen LogP contribution is -2.42. The van der Waals surface area contributed by atoms with Crippen LogP contribution in [0.25, 0.3) is 0 Å². The van der Waals surface area contributed by atoms with E-state index in [2.05, 4.69) is 15.6 Å². The lowest BCUT2D eigenvalue weighted by atomic mass is 10.2. The second-order valence-electron chi connectivity index (χ2n) is 5.63. The molecule has 1 aromatic carbocycles. The van der Waals surface area contributed by atoms with Gasteiger partial charge in [-0.1, -0.05) is 12.1 Å². The maximum atomic E-state index is 13.6. The second kappa shape index (κ2) is 8.38. The first-order chi connectivity index (χ1) is 11.5. The van der Waals surface area contributed by atoms with Crippen molar-refractivity contribution in [2.45, 2.75) is 32.9 Å². The Morgan fingerprint density at radius 3 is 2.62 bits per heavy atom. The fourth-order valence-corrected chi connectivity index (χ4v) is 2.20. The molecule has 6 heteroatoms. The van der Waals surface area contributed by atoms with Crippen LogP contribution in [-0.4, -0.2) is 25.7 Å². The molecule has 0 radical (unpaired) electrons. The quantitative estimate of drug-likeness (QED) is 0.628. The van der Waals surface area contributed by atoms with Crippen LogP contribution in [0.2, 0.25) is 0 Å². The number of hydrogen-bond acceptors (Lipinski definition) is 3. The number of furan rings is 1. The third-order valence-corrected chi connectivity index (χ3v) is 3.49. The highest BCUT2D eigenvalue weighted by molar-refractivity contribution is 5.80. The third-order valence-electron chi connectivity index (χ3n) is 3.49. The Morgan fingerprint density at radius 1 is 1.25 bits per heavy atom. The standard InChI is InChI=1S/C18H24FN3O2/c1-12-9-10-16(23-12)14(3)22-18(20-4)21-11-13(2)24-17-8-6-5-7-15(17)19/h5-10,13-14H,11H2,1-4H3,(H2,20,21,22). The summed E-state index contributed by atoms with van der Waals surface area (Å²) in [5.41, 5.74) is 0. The average Bonchev–Trinajstić information content (AvgIpc) is 3.00. The van der Waals surface area contributed by atoms with Gasteiger partial charge < -0.3 is 19.8 Å². The van der Waals surface area contributed by atoms with Crippen LogP contribution in [0.3, 0.4) is 0 Å². The van der Waals surface area contributed by atoms with E-state index < -0.39 is 0 Å². The number of hydrogen-bond donors (Lipinski definition) is 2. The molecule has 1 aromatic heterocycles. The Bertz CT molecular complexity index is 684. The minimum atomic E-state index is -0.367. The summed E-state index contributed by atoms with van der Waals surface area (Å²) < 4.78 is 24.8. The van der Waals surface area contributed by atoms with Gasteiger partial charge >= 0.3 is 0 Å². The third kappa shape index (κ3) is 5.01. The summed E-state index contributed by atoms with van der Waals surface area (Å²) in [6.45, 7) is 6.25. The predicted octanol–water partition coefficient (Wildman–Crippen LogP) is 3.42. The summed E-state index contributed by atoms with van der Waals surface area (Å²) >= 11 is 0. The number of guanidine groups is 1. The van der Waals surface area contributed by atoms with Gasteiger partial charge in [0.05, 0.1) is 12.6 Å². The molecule has 2 aromatic rings. The van der Waals surface area contributed by atoms with Gasteiger partial charge in [0, 0.05) is 7.05 Å². The molecule has 1 heterocycles. The molecule has 2 rings (SSSR count). The highest BCUT2D eigenvalue weighted by atomic mass is 19.1. The zero-order valence-corrected chi connectivity index (χ0v) is 14.5. The van der Waals surface area contributed by atoms with Crippen LogP contribution < -0.4 is 15.4 Å². The van der Waals surface area contributed by atoms with Crippen molar-refractivity contribution in [3.63, 3.8) is 0 Å². The number of nitrogens with zero attached hydrogens (tertiary/aromatic N) is 1. The van der Waals surface area contributed by atoms with Gasteiger partial charge in [0.25, 0.3) is 0 Å². The lowest BCUT2D eigenvalue weighted by molar-refractivity contribution is 0.214. The molecule has 0 aliphatic rings. The second-order valence-corrected chi connectivity index (χ2v) is 5.63. The molecule has 0 fully saturated rings. The molecule has 0 saturated carbocycles. The monoisotopic (exact) mass is 333 g/mol. The largest absolute Gasteiger partial charge is 0.486 e. The van der Waals surface area contributed by atoms with Crippen LogP contribution in [0, 0.1) is 12.7 Å². The number of halogens is 1. The summed E-state index contributed by atoms with van der Waals surface area (Å²) in [6.07, 6.45) is -0.221. The molecule has 2 unspecified atom stereocenters. The normalized spacial score (nSPS) is 14.1. The molecule has 2 atom stereocenters. The number of aryl methyl sites for hydroxylation is 1. The maximum Gasteiger partial charge on any atom is 0.191 e. The van der Waals surface area contributed by atoms with Crippen molar-refractivity contribution >= 4 is 5.96 Å². The van der Waals surface area contributed by atoms with E-state index in [0.717, 1.165) is 11.5 Å². The molecular weight excluding hydrogens is 309 g/mol. The van der Waals surface area contributed by atoms with E-state index in [4.69, 9.17) is 9.15 Å². The van der Waals surface area contributed by atoms with E-state index >= 15 is 0 Å². The molecule has 0 bridgehead atoms. The van der Waals surface area contributed by atoms with Gasteiger partial charge in [-0.25, -0.2) is 4.39 Å². The van der Waals surface area contributed by atoms with Gasteiger partial charge in [-0.05, 0) is 45.0 Å². The fraction of sp³-hybridized carbons (Fsp3) is 0.389. The van der Waals surface area contributed by atoms with Gasteiger partial charge in [-0.2, -0.15) is 0 Å². The van der Waals surface area contributed by atoms with E-state index in [1.165, 1.54) is 6.07 Å². The Labute approximate surface area is 141 Å². The van der Waals surface area contributed by atoms with Crippen molar-refractivity contribution in [3.05, 3.63) is 53.7 Å². The molecule has 0 amide bonds. The van der Waals surface area contributed by atoms with Crippen LogP contribution in [0.15, 0.2) is 45.8 Å². The summed E-state index contributed by atoms with van der Waals surface area (Å²) in [5.74, 6) is 2.21. The molecule has 0 aliphatic carbocycles. The van der Waals surface area contributed by atoms with Crippen molar-refractivity contribution in [1.29, 1.82) is 0 Å². The number of benzene rings is 1. The van der Waals surface area contributed by atoms with Gasteiger partial charge in [-0.3, -0.25) is 4.99 Å². The van der Waals surface area contributed by atoms with E-state index in [1.807, 2.05) is 32.9 Å². The van der Waals surface area contributed by atoms with Crippen LogP contribution >= 0.6 is 0 Å². The smallest absolute Gasteiger partial charge is 0.191 e. The fourth-order valence-electron chi connectivity index (χ4n) is 2.20. The van der Waals surface area contributed by atoms with Crippen LogP contribution in [0.1, 0.15) is 31.4 Å².